The monoisotopic (exact) mass is 235 g/mol. The van der Waals surface area contributed by atoms with Crippen LogP contribution in [0.4, 0.5) is 5.82 Å². The number of nitrogens with zero attached hydrogens (tertiary/aromatic N) is 3. The van der Waals surface area contributed by atoms with Crippen LogP contribution in [0.25, 0.3) is 0 Å². The molecule has 0 saturated heterocycles. The topological polar surface area (TPSA) is 93.8 Å². The summed E-state index contributed by atoms with van der Waals surface area (Å²) in [5, 5.41) is 11.8. The summed E-state index contributed by atoms with van der Waals surface area (Å²) < 4.78 is 0. The summed E-state index contributed by atoms with van der Waals surface area (Å²) in [4.78, 5) is 15.6. The summed E-state index contributed by atoms with van der Waals surface area (Å²) in [5.41, 5.74) is 8.14. The number of hydrogen-bond donors (Lipinski definition) is 2. The third-order valence-corrected chi connectivity index (χ3v) is 2.47. The average Bonchev–Trinajstić information content (AvgIpc) is 2.80. The van der Waals surface area contributed by atoms with Gasteiger partial charge in [-0.1, -0.05) is 0 Å². The number of rotatable bonds is 3. The third kappa shape index (κ3) is 2.51. The molecule has 0 radical (unpaired) electrons. The summed E-state index contributed by atoms with van der Waals surface area (Å²) >= 11 is 1.48. The molecule has 2 rings (SSSR count). The second-order valence-electron chi connectivity index (χ2n) is 3.01. The number of thiazole rings is 1. The van der Waals surface area contributed by atoms with Crippen LogP contribution in [0.1, 0.15) is 16.2 Å². The van der Waals surface area contributed by atoms with Gasteiger partial charge in [-0.2, -0.15) is 0 Å². The SMILES string of the molecule is Nc1ccc(C(=O)NCc2cscn2)nn1. The smallest absolute Gasteiger partial charge is 0.272 e. The summed E-state index contributed by atoms with van der Waals surface area (Å²) in [5.74, 6) is -0.00319. The van der Waals surface area contributed by atoms with Crippen molar-refractivity contribution in [3.8, 4) is 0 Å². The lowest BCUT2D eigenvalue weighted by Gasteiger charge is -2.01. The van der Waals surface area contributed by atoms with E-state index in [1.165, 1.54) is 23.5 Å². The fourth-order valence-electron chi connectivity index (χ4n) is 1.05. The molecule has 1 amide bonds. The van der Waals surface area contributed by atoms with E-state index < -0.39 is 0 Å². The lowest BCUT2D eigenvalue weighted by molar-refractivity contribution is 0.0944. The zero-order valence-corrected chi connectivity index (χ0v) is 9.07. The van der Waals surface area contributed by atoms with Crippen LogP contribution in [0, 0.1) is 0 Å². The number of nitrogens with one attached hydrogen (secondary N) is 1. The van der Waals surface area contributed by atoms with Crippen molar-refractivity contribution >= 4 is 23.1 Å². The van der Waals surface area contributed by atoms with Crippen LogP contribution in [0.5, 0.6) is 0 Å². The number of hydrogen-bond acceptors (Lipinski definition) is 6. The highest BCUT2D eigenvalue weighted by Gasteiger charge is 2.07. The van der Waals surface area contributed by atoms with Gasteiger partial charge in [-0.15, -0.1) is 21.5 Å². The minimum atomic E-state index is -0.291. The lowest BCUT2D eigenvalue weighted by atomic mass is 10.3. The number of nitrogen functional groups attached to an aromatic ring is 1. The van der Waals surface area contributed by atoms with Crippen molar-refractivity contribution in [3.63, 3.8) is 0 Å². The highest BCUT2D eigenvalue weighted by atomic mass is 32.1. The van der Waals surface area contributed by atoms with E-state index in [0.29, 0.717) is 6.54 Å². The molecule has 0 aliphatic carbocycles. The zero-order valence-electron chi connectivity index (χ0n) is 8.25. The van der Waals surface area contributed by atoms with Crippen molar-refractivity contribution < 1.29 is 4.79 Å². The van der Waals surface area contributed by atoms with Gasteiger partial charge in [-0.25, -0.2) is 4.98 Å². The van der Waals surface area contributed by atoms with Crippen molar-refractivity contribution in [2.24, 2.45) is 0 Å². The summed E-state index contributed by atoms with van der Waals surface area (Å²) in [7, 11) is 0. The third-order valence-electron chi connectivity index (χ3n) is 1.83. The highest BCUT2D eigenvalue weighted by molar-refractivity contribution is 7.07. The normalized spacial score (nSPS) is 10.0. The molecule has 16 heavy (non-hydrogen) atoms. The largest absolute Gasteiger partial charge is 0.382 e. The zero-order chi connectivity index (χ0) is 11.4. The molecule has 0 aromatic carbocycles. The van der Waals surface area contributed by atoms with Crippen molar-refractivity contribution in [1.29, 1.82) is 0 Å². The van der Waals surface area contributed by atoms with Crippen LogP contribution in [0.15, 0.2) is 23.0 Å². The number of carbonyl (C=O) groups excluding carboxylic acids is 1. The molecule has 0 bridgehead atoms. The molecule has 0 aliphatic rings. The molecule has 0 unspecified atom stereocenters. The van der Waals surface area contributed by atoms with E-state index in [9.17, 15) is 4.79 Å². The molecule has 0 saturated carbocycles. The van der Waals surface area contributed by atoms with Gasteiger partial charge in [-0.3, -0.25) is 4.79 Å². The molecule has 6 nitrogen and oxygen atoms in total. The Morgan fingerprint density at radius 2 is 2.31 bits per heavy atom. The molecule has 2 aromatic rings. The first-order valence-corrected chi connectivity index (χ1v) is 5.44. The van der Waals surface area contributed by atoms with Crippen molar-refractivity contribution in [1.82, 2.24) is 20.5 Å². The van der Waals surface area contributed by atoms with Gasteiger partial charge >= 0.3 is 0 Å². The lowest BCUT2D eigenvalue weighted by Crippen LogP contribution is -2.24. The van der Waals surface area contributed by atoms with Gasteiger partial charge in [0.25, 0.3) is 5.91 Å². The first kappa shape index (κ1) is 10.5. The van der Waals surface area contributed by atoms with E-state index in [0.717, 1.165) is 5.69 Å². The van der Waals surface area contributed by atoms with Gasteiger partial charge < -0.3 is 11.1 Å². The van der Waals surface area contributed by atoms with Crippen LogP contribution in [-0.2, 0) is 6.54 Å². The molecular formula is C9H9N5OS. The fraction of sp³-hybridized carbons (Fsp3) is 0.111. The summed E-state index contributed by atoms with van der Waals surface area (Å²) in [6.45, 7) is 0.383. The van der Waals surface area contributed by atoms with E-state index in [-0.39, 0.29) is 17.4 Å². The van der Waals surface area contributed by atoms with E-state index in [1.807, 2.05) is 5.38 Å². The Bertz CT molecular complexity index is 467. The first-order valence-electron chi connectivity index (χ1n) is 4.50. The van der Waals surface area contributed by atoms with Crippen molar-refractivity contribution in [2.45, 2.75) is 6.54 Å². The molecule has 2 heterocycles. The Morgan fingerprint density at radius 1 is 1.44 bits per heavy atom. The Kier molecular flexibility index (Phi) is 3.06. The van der Waals surface area contributed by atoms with Gasteiger partial charge in [0, 0.05) is 5.38 Å². The molecule has 0 fully saturated rings. The predicted molar refractivity (Wildman–Crippen MR) is 59.7 cm³/mol. The van der Waals surface area contributed by atoms with Crippen LogP contribution in [0.2, 0.25) is 0 Å². The Labute approximate surface area is 95.5 Å². The molecule has 2 aromatic heterocycles. The van der Waals surface area contributed by atoms with Crippen molar-refractivity contribution in [2.75, 3.05) is 5.73 Å². The molecule has 0 atom stereocenters. The van der Waals surface area contributed by atoms with Crippen LogP contribution in [0.3, 0.4) is 0 Å². The molecule has 82 valence electrons. The quantitative estimate of drug-likeness (QED) is 0.805. The Balaban J connectivity index is 1.95. The maximum Gasteiger partial charge on any atom is 0.272 e. The van der Waals surface area contributed by atoms with Crippen LogP contribution >= 0.6 is 11.3 Å². The van der Waals surface area contributed by atoms with Gasteiger partial charge in [-0.05, 0) is 12.1 Å². The van der Waals surface area contributed by atoms with Gasteiger partial charge in [0.15, 0.2) is 5.69 Å². The second-order valence-corrected chi connectivity index (χ2v) is 3.72. The van der Waals surface area contributed by atoms with E-state index in [4.69, 9.17) is 5.73 Å². The van der Waals surface area contributed by atoms with E-state index >= 15 is 0 Å². The predicted octanol–water partition coefficient (Wildman–Crippen LogP) is 0.445. The number of amides is 1. The molecular weight excluding hydrogens is 226 g/mol. The average molecular weight is 235 g/mol. The van der Waals surface area contributed by atoms with Gasteiger partial charge in [0.1, 0.15) is 5.82 Å². The summed E-state index contributed by atoms with van der Waals surface area (Å²) in [6, 6.07) is 3.06. The summed E-state index contributed by atoms with van der Waals surface area (Å²) in [6.07, 6.45) is 0. The van der Waals surface area contributed by atoms with Crippen LogP contribution < -0.4 is 11.1 Å². The maximum absolute atomic E-state index is 11.6. The minimum Gasteiger partial charge on any atom is -0.382 e. The Hall–Kier alpha value is -2.02. The molecule has 7 heteroatoms. The molecule has 0 aliphatic heterocycles. The standard InChI is InChI=1S/C9H9N5OS/c10-8-2-1-7(13-14-8)9(15)11-3-6-4-16-5-12-6/h1-2,4-5H,3H2,(H2,10,14)(H,11,15). The molecule has 0 spiro atoms. The van der Waals surface area contributed by atoms with E-state index in [2.05, 4.69) is 20.5 Å². The maximum atomic E-state index is 11.6. The number of nitrogens with two attached hydrogens (primary N) is 1. The Morgan fingerprint density at radius 3 is 2.94 bits per heavy atom. The minimum absolute atomic E-state index is 0.240. The van der Waals surface area contributed by atoms with Crippen molar-refractivity contribution in [3.05, 3.63) is 34.4 Å². The van der Waals surface area contributed by atoms with Gasteiger partial charge in [0.05, 0.1) is 17.7 Å². The number of anilines is 1. The van der Waals surface area contributed by atoms with Gasteiger partial charge in [0.2, 0.25) is 0 Å². The fourth-order valence-corrected chi connectivity index (χ4v) is 1.61. The second kappa shape index (κ2) is 4.67. The number of aromatic nitrogens is 3. The number of carbonyl (C=O) groups is 1. The first-order chi connectivity index (χ1) is 7.75. The van der Waals surface area contributed by atoms with E-state index in [1.54, 1.807) is 5.51 Å². The van der Waals surface area contributed by atoms with Crippen LogP contribution in [-0.4, -0.2) is 21.1 Å². The molecule has 3 N–H and O–H groups in total. The highest BCUT2D eigenvalue weighted by Crippen LogP contribution is 2.01.